The molecule has 1 spiro atoms. The Labute approximate surface area is 257 Å². The van der Waals surface area contributed by atoms with Crippen LogP contribution >= 0.6 is 0 Å². The van der Waals surface area contributed by atoms with Gasteiger partial charge >= 0.3 is 0 Å². The number of halogens is 4. The van der Waals surface area contributed by atoms with Gasteiger partial charge in [0.25, 0.3) is 0 Å². The van der Waals surface area contributed by atoms with Crippen molar-refractivity contribution in [3.05, 3.63) is 72.3 Å². The minimum absolute atomic E-state index is 0.0310. The standard InChI is InChI=1S/C32H33F4N7O2/c1-41-16-20(15-39-41)22-12-24(27(44-2)13-26(22)42-9-7-31(8-10-42)17-32(35,36)18-31)40-28-14-29(38-19-37-28)43-25(6-11-45-43)21-4-3-5-23(33)30(21)34/h3-5,12-16,19,25H,6-11,17-18H2,1-2H3,(H,37,38,40)/t25-/m1/s1. The Morgan fingerprint density at radius 1 is 1.07 bits per heavy atom. The zero-order chi connectivity index (χ0) is 31.3. The lowest BCUT2D eigenvalue weighted by Gasteiger charge is -2.52. The summed E-state index contributed by atoms with van der Waals surface area (Å²) in [6.45, 7) is 1.64. The molecule has 236 valence electrons. The highest BCUT2D eigenvalue weighted by Crippen LogP contribution is 2.58. The van der Waals surface area contributed by atoms with Crippen LogP contribution in [0.3, 0.4) is 0 Å². The van der Waals surface area contributed by atoms with Gasteiger partial charge in [0, 0.05) is 80.1 Å². The van der Waals surface area contributed by atoms with Crippen molar-refractivity contribution in [3.63, 3.8) is 0 Å². The van der Waals surface area contributed by atoms with E-state index < -0.39 is 23.6 Å². The van der Waals surface area contributed by atoms with Gasteiger partial charge in [0.05, 0.1) is 31.6 Å². The molecule has 0 unspecified atom stereocenters. The van der Waals surface area contributed by atoms with Crippen LogP contribution in [0.1, 0.15) is 43.7 Å². The number of hydrogen-bond acceptors (Lipinski definition) is 8. The van der Waals surface area contributed by atoms with Gasteiger partial charge in [0.1, 0.15) is 17.9 Å². The maximum Gasteiger partial charge on any atom is 0.249 e. The smallest absolute Gasteiger partial charge is 0.249 e. The van der Waals surface area contributed by atoms with Gasteiger partial charge < -0.3 is 15.0 Å². The number of methoxy groups -OCH3 is 1. The van der Waals surface area contributed by atoms with Crippen molar-refractivity contribution >= 4 is 23.0 Å². The molecule has 0 radical (unpaired) electrons. The quantitative estimate of drug-likeness (QED) is 0.225. The van der Waals surface area contributed by atoms with E-state index in [2.05, 4.69) is 25.3 Å². The number of hydroxylamine groups is 1. The van der Waals surface area contributed by atoms with Crippen molar-refractivity contribution in [1.29, 1.82) is 0 Å². The second-order valence-electron chi connectivity index (χ2n) is 12.2. The first kappa shape index (κ1) is 29.3. The third-order valence-electron chi connectivity index (χ3n) is 9.15. The minimum atomic E-state index is -2.54. The third kappa shape index (κ3) is 5.54. The molecule has 2 saturated heterocycles. The van der Waals surface area contributed by atoms with Gasteiger partial charge in [-0.2, -0.15) is 5.10 Å². The Balaban J connectivity index is 1.18. The van der Waals surface area contributed by atoms with Gasteiger partial charge in [-0.05, 0) is 30.4 Å². The molecule has 1 atom stereocenters. The Hall–Kier alpha value is -4.39. The van der Waals surface area contributed by atoms with Crippen LogP contribution in [-0.4, -0.2) is 52.5 Å². The Morgan fingerprint density at radius 2 is 1.87 bits per heavy atom. The van der Waals surface area contributed by atoms with Crippen LogP contribution in [-0.2, 0) is 11.9 Å². The number of rotatable bonds is 7. The van der Waals surface area contributed by atoms with Gasteiger partial charge in [-0.1, -0.05) is 12.1 Å². The number of alkyl halides is 2. The van der Waals surface area contributed by atoms with Gasteiger partial charge in [-0.15, -0.1) is 0 Å². The second-order valence-corrected chi connectivity index (χ2v) is 12.2. The summed E-state index contributed by atoms with van der Waals surface area (Å²) in [5.41, 5.74) is 3.27. The third-order valence-corrected chi connectivity index (χ3v) is 9.15. The molecule has 4 aromatic rings. The van der Waals surface area contributed by atoms with Gasteiger partial charge in [-0.25, -0.2) is 32.6 Å². The highest BCUT2D eigenvalue weighted by Gasteiger charge is 2.56. The topological polar surface area (TPSA) is 80.6 Å². The molecule has 1 saturated carbocycles. The summed E-state index contributed by atoms with van der Waals surface area (Å²) >= 11 is 0. The molecule has 0 amide bonds. The summed E-state index contributed by atoms with van der Waals surface area (Å²) in [7, 11) is 3.43. The molecule has 2 aliphatic heterocycles. The lowest BCUT2D eigenvalue weighted by atomic mass is 9.61. The lowest BCUT2D eigenvalue weighted by Crippen LogP contribution is -2.52. The van der Waals surface area contributed by atoms with Crippen molar-refractivity contribution in [3.8, 4) is 16.9 Å². The van der Waals surface area contributed by atoms with E-state index in [0.29, 0.717) is 62.0 Å². The molecule has 2 aromatic carbocycles. The summed E-state index contributed by atoms with van der Waals surface area (Å²) in [5, 5.41) is 9.18. The van der Waals surface area contributed by atoms with E-state index in [0.717, 1.165) is 22.9 Å². The highest BCUT2D eigenvalue weighted by atomic mass is 19.3. The number of hydrogen-bond donors (Lipinski definition) is 1. The Kier molecular flexibility index (Phi) is 7.30. The number of benzene rings is 2. The molecule has 13 heteroatoms. The number of aryl methyl sites for hydroxylation is 1. The van der Waals surface area contributed by atoms with E-state index in [1.54, 1.807) is 30.1 Å². The first-order valence-corrected chi connectivity index (χ1v) is 14.9. The minimum Gasteiger partial charge on any atom is -0.494 e. The molecule has 45 heavy (non-hydrogen) atoms. The Morgan fingerprint density at radius 3 is 2.58 bits per heavy atom. The fourth-order valence-electron chi connectivity index (χ4n) is 6.94. The van der Waals surface area contributed by atoms with Crippen LogP contribution in [0.4, 0.5) is 40.6 Å². The molecule has 0 bridgehead atoms. The van der Waals surface area contributed by atoms with Crippen LogP contribution in [0.5, 0.6) is 5.75 Å². The Bertz CT molecular complexity index is 1710. The average molecular weight is 624 g/mol. The normalized spacial score (nSPS) is 20.4. The monoisotopic (exact) mass is 623 g/mol. The zero-order valence-corrected chi connectivity index (χ0v) is 24.9. The zero-order valence-electron chi connectivity index (χ0n) is 24.9. The van der Waals surface area contributed by atoms with E-state index in [4.69, 9.17) is 9.57 Å². The molecule has 2 aromatic heterocycles. The molecule has 3 aliphatic rings. The van der Waals surface area contributed by atoms with E-state index >= 15 is 0 Å². The molecule has 7 rings (SSSR count). The van der Waals surface area contributed by atoms with E-state index in [9.17, 15) is 17.6 Å². The molecule has 3 fully saturated rings. The predicted molar refractivity (Wildman–Crippen MR) is 161 cm³/mol. The van der Waals surface area contributed by atoms with Crippen molar-refractivity contribution in [2.24, 2.45) is 12.5 Å². The lowest BCUT2D eigenvalue weighted by molar-refractivity contribution is -0.168. The molecular formula is C32H33F4N7O2. The summed E-state index contributed by atoms with van der Waals surface area (Å²) in [6, 6.07) is 9.12. The average Bonchev–Trinajstić information content (AvgIpc) is 3.67. The summed E-state index contributed by atoms with van der Waals surface area (Å²) in [5.74, 6) is -3.00. The van der Waals surface area contributed by atoms with Gasteiger partial charge in [0.2, 0.25) is 5.92 Å². The fourth-order valence-corrected chi connectivity index (χ4v) is 6.94. The maximum atomic E-state index is 14.7. The van der Waals surface area contributed by atoms with Gasteiger partial charge in [-0.3, -0.25) is 9.52 Å². The molecule has 4 heterocycles. The molecule has 1 aliphatic carbocycles. The SMILES string of the molecule is COc1cc(N2CCC3(CC2)CC(F)(F)C3)c(-c2cnn(C)c2)cc1Nc1cc(N2OCC[C@@H]2c2cccc(F)c2F)ncn1. The largest absolute Gasteiger partial charge is 0.494 e. The van der Waals surface area contributed by atoms with Crippen molar-refractivity contribution < 1.29 is 27.1 Å². The van der Waals surface area contributed by atoms with Crippen molar-refractivity contribution in [2.75, 3.05) is 42.1 Å². The van der Waals surface area contributed by atoms with E-state index in [1.807, 2.05) is 25.4 Å². The first-order chi connectivity index (χ1) is 21.6. The number of aromatic nitrogens is 4. The summed E-state index contributed by atoms with van der Waals surface area (Å²) < 4.78 is 63.7. The highest BCUT2D eigenvalue weighted by molar-refractivity contribution is 5.85. The predicted octanol–water partition coefficient (Wildman–Crippen LogP) is 6.81. The maximum absolute atomic E-state index is 14.7. The van der Waals surface area contributed by atoms with Gasteiger partial charge in [0.15, 0.2) is 17.5 Å². The van der Waals surface area contributed by atoms with E-state index in [-0.39, 0.29) is 23.8 Å². The number of nitrogens with zero attached hydrogens (tertiary/aromatic N) is 6. The van der Waals surface area contributed by atoms with Crippen LogP contribution in [0.2, 0.25) is 0 Å². The van der Waals surface area contributed by atoms with Crippen LogP contribution < -0.4 is 20.0 Å². The number of piperidine rings is 1. The van der Waals surface area contributed by atoms with Crippen molar-refractivity contribution in [1.82, 2.24) is 19.7 Å². The second kappa shape index (κ2) is 11.2. The number of ether oxygens (including phenoxy) is 1. The molecule has 9 nitrogen and oxygen atoms in total. The number of anilines is 4. The van der Waals surface area contributed by atoms with Crippen molar-refractivity contribution in [2.45, 2.75) is 44.1 Å². The van der Waals surface area contributed by atoms with Crippen LogP contribution in [0.15, 0.2) is 55.1 Å². The first-order valence-electron chi connectivity index (χ1n) is 14.9. The van der Waals surface area contributed by atoms with E-state index in [1.165, 1.54) is 17.5 Å². The summed E-state index contributed by atoms with van der Waals surface area (Å²) in [6.07, 6.45) is 6.89. The number of nitrogens with one attached hydrogen (secondary N) is 1. The summed E-state index contributed by atoms with van der Waals surface area (Å²) in [4.78, 5) is 16.8. The van der Waals surface area contributed by atoms with Crippen LogP contribution in [0.25, 0.3) is 11.1 Å². The van der Waals surface area contributed by atoms with Crippen LogP contribution in [0, 0.1) is 17.0 Å². The fraction of sp³-hybridized carbons (Fsp3) is 0.406. The molecule has 1 N–H and O–H groups in total. The molecular weight excluding hydrogens is 590 g/mol.